The van der Waals surface area contributed by atoms with Crippen LogP contribution in [0.4, 0.5) is 44.2 Å². The van der Waals surface area contributed by atoms with Gasteiger partial charge < -0.3 is 38.8 Å². The highest BCUT2D eigenvalue weighted by atomic mass is 19.4. The number of methoxy groups -OCH3 is 2. The van der Waals surface area contributed by atoms with Gasteiger partial charge in [0, 0.05) is 44.4 Å². The standard InChI is InChI=1S/C49H54F5N7O6/c1-26-38(49(52,53)54)34(22-36(39(26)50)58(23-28-8-13-32(64-6)14-9-28)24-29-10-15-33(65-7)16-11-29)41-40(51)42-37-44(57-46(56-42)59-20-18-30(59)19-21-62)60-25-31-12-17-35(43(60)27(2)66-45(37)55-41)61(31)47(63)67-48(3,4)5/h8-11,13-16,22,27,30-31,35,43,62H,12,17-21,23-25H2,1-7H3/t27-,30-,31+,35-,43+/m0/s1. The third-order valence-electron chi connectivity index (χ3n) is 13.4. The van der Waals surface area contributed by atoms with Gasteiger partial charge in [-0.1, -0.05) is 24.3 Å². The van der Waals surface area contributed by atoms with Crippen molar-refractivity contribution in [3.05, 3.63) is 88.5 Å². The topological polar surface area (TPSA) is 126 Å². The first-order chi connectivity index (χ1) is 31.9. The van der Waals surface area contributed by atoms with Gasteiger partial charge in [0.05, 0.1) is 43.6 Å². The number of benzene rings is 3. The Balaban J connectivity index is 1.24. The number of aromatic nitrogens is 3. The molecule has 3 saturated heterocycles. The zero-order valence-corrected chi connectivity index (χ0v) is 38.5. The molecule has 3 aromatic carbocycles. The molecule has 5 atom stereocenters. The Morgan fingerprint density at radius 3 is 2.09 bits per heavy atom. The average molecular weight is 932 g/mol. The highest BCUT2D eigenvalue weighted by molar-refractivity contribution is 5.98. The van der Waals surface area contributed by atoms with Crippen molar-refractivity contribution in [1.82, 2.24) is 19.9 Å². The number of hydrogen-bond acceptors (Lipinski definition) is 12. The van der Waals surface area contributed by atoms with E-state index in [0.29, 0.717) is 54.9 Å². The lowest BCUT2D eigenvalue weighted by molar-refractivity contribution is -0.137. The van der Waals surface area contributed by atoms with E-state index in [2.05, 4.69) is 4.98 Å². The van der Waals surface area contributed by atoms with Gasteiger partial charge in [0.25, 0.3) is 0 Å². The Morgan fingerprint density at radius 1 is 0.896 bits per heavy atom. The molecule has 356 valence electrons. The second kappa shape index (κ2) is 17.5. The largest absolute Gasteiger partial charge is 0.497 e. The number of piperazine rings is 1. The third kappa shape index (κ3) is 8.46. The van der Waals surface area contributed by atoms with E-state index >= 15 is 22.0 Å². The molecule has 67 heavy (non-hydrogen) atoms. The Bertz CT molecular complexity index is 2630. The molecule has 13 nitrogen and oxygen atoms in total. The van der Waals surface area contributed by atoms with Crippen LogP contribution in [0.3, 0.4) is 0 Å². The molecule has 9 rings (SSSR count). The number of anilines is 3. The second-order valence-corrected chi connectivity index (χ2v) is 18.8. The molecule has 4 aliphatic heterocycles. The maximum Gasteiger partial charge on any atom is 0.417 e. The zero-order chi connectivity index (χ0) is 47.7. The molecular weight excluding hydrogens is 878 g/mol. The van der Waals surface area contributed by atoms with Gasteiger partial charge in [-0.2, -0.15) is 18.2 Å². The Morgan fingerprint density at radius 2 is 1.54 bits per heavy atom. The number of rotatable bonds is 11. The number of ether oxygens (including phenoxy) is 4. The van der Waals surface area contributed by atoms with Crippen LogP contribution < -0.4 is 28.9 Å². The summed E-state index contributed by atoms with van der Waals surface area (Å²) in [5.41, 5.74) is -3.50. The summed E-state index contributed by atoms with van der Waals surface area (Å²) in [4.78, 5) is 35.3. The van der Waals surface area contributed by atoms with Crippen molar-refractivity contribution < 1.29 is 50.8 Å². The van der Waals surface area contributed by atoms with Crippen molar-refractivity contribution in [3.8, 4) is 28.6 Å². The van der Waals surface area contributed by atoms with Crippen molar-refractivity contribution in [3.63, 3.8) is 0 Å². The summed E-state index contributed by atoms with van der Waals surface area (Å²) in [6.45, 7) is 8.94. The predicted molar refractivity (Wildman–Crippen MR) is 242 cm³/mol. The minimum Gasteiger partial charge on any atom is -0.497 e. The molecule has 1 amide bonds. The number of alkyl halides is 3. The van der Waals surface area contributed by atoms with E-state index in [-0.39, 0.29) is 72.6 Å². The van der Waals surface area contributed by atoms with E-state index in [9.17, 15) is 9.90 Å². The fourth-order valence-corrected chi connectivity index (χ4v) is 10.2. The summed E-state index contributed by atoms with van der Waals surface area (Å²) < 4.78 is 105. The van der Waals surface area contributed by atoms with Crippen LogP contribution in [0.1, 0.15) is 75.6 Å². The van der Waals surface area contributed by atoms with Crippen molar-refractivity contribution in [2.45, 2.75) is 115 Å². The summed E-state index contributed by atoms with van der Waals surface area (Å²) in [7, 11) is 3.05. The molecule has 5 aromatic rings. The van der Waals surface area contributed by atoms with Gasteiger partial charge in [-0.3, -0.25) is 4.90 Å². The van der Waals surface area contributed by atoms with Gasteiger partial charge in [0.15, 0.2) is 5.82 Å². The van der Waals surface area contributed by atoms with Crippen molar-refractivity contribution in [1.29, 1.82) is 0 Å². The van der Waals surface area contributed by atoms with E-state index in [1.54, 1.807) is 86.0 Å². The van der Waals surface area contributed by atoms with Crippen molar-refractivity contribution >= 4 is 34.4 Å². The number of aliphatic hydroxyl groups is 1. The Hall–Kier alpha value is -6.17. The van der Waals surface area contributed by atoms with E-state index in [4.69, 9.17) is 28.9 Å². The lowest BCUT2D eigenvalue weighted by atomic mass is 9.95. The first-order valence-corrected chi connectivity index (χ1v) is 22.5. The molecule has 0 unspecified atom stereocenters. The quantitative estimate of drug-likeness (QED) is 0.127. The van der Waals surface area contributed by atoms with Crippen molar-refractivity contribution in [2.75, 3.05) is 48.6 Å². The van der Waals surface area contributed by atoms with Gasteiger partial charge in [-0.15, -0.1) is 0 Å². The maximum atomic E-state index is 17.9. The van der Waals surface area contributed by atoms with Crippen LogP contribution in [0.2, 0.25) is 0 Å². The predicted octanol–water partition coefficient (Wildman–Crippen LogP) is 9.22. The molecule has 2 bridgehead atoms. The van der Waals surface area contributed by atoms with Gasteiger partial charge in [-0.25, -0.2) is 23.5 Å². The molecule has 6 heterocycles. The number of nitrogens with zero attached hydrogens (tertiary/aromatic N) is 7. The van der Waals surface area contributed by atoms with E-state index < -0.39 is 70.1 Å². The number of pyridine rings is 1. The Labute approximate surface area is 385 Å². The van der Waals surface area contributed by atoms with E-state index in [0.717, 1.165) is 13.0 Å². The smallest absolute Gasteiger partial charge is 0.417 e. The fraction of sp³-hybridized carbons (Fsp3) is 0.469. The number of carbonyl (C=O) groups excluding carboxylic acids is 1. The van der Waals surface area contributed by atoms with Crippen LogP contribution >= 0.6 is 0 Å². The number of amides is 1. The highest BCUT2D eigenvalue weighted by Gasteiger charge is 2.54. The minimum atomic E-state index is -5.16. The minimum absolute atomic E-state index is 0.0428. The number of carbonyl (C=O) groups is 1. The fourth-order valence-electron chi connectivity index (χ4n) is 10.2. The normalized spacial score (nSPS) is 21.1. The molecule has 0 radical (unpaired) electrons. The van der Waals surface area contributed by atoms with Crippen LogP contribution in [0.25, 0.3) is 22.2 Å². The van der Waals surface area contributed by atoms with E-state index in [1.165, 1.54) is 14.2 Å². The summed E-state index contributed by atoms with van der Waals surface area (Å²) in [6, 6.07) is 13.6. The number of hydrogen-bond donors (Lipinski definition) is 1. The molecular formula is C49H54F5N7O6. The first-order valence-electron chi connectivity index (χ1n) is 22.5. The first kappa shape index (κ1) is 46.0. The van der Waals surface area contributed by atoms with Gasteiger partial charge in [-0.05, 0) is 107 Å². The monoisotopic (exact) mass is 931 g/mol. The number of fused-ring (bicyclic) bond motifs is 5. The van der Waals surface area contributed by atoms with Crippen LogP contribution in [-0.4, -0.2) is 101 Å². The summed E-state index contributed by atoms with van der Waals surface area (Å²) in [6.07, 6.45) is -4.03. The maximum absolute atomic E-state index is 17.9. The van der Waals surface area contributed by atoms with Crippen LogP contribution in [0.5, 0.6) is 17.4 Å². The molecule has 2 aromatic heterocycles. The van der Waals surface area contributed by atoms with Gasteiger partial charge >= 0.3 is 12.3 Å². The average Bonchev–Trinajstić information content (AvgIpc) is 3.52. The van der Waals surface area contributed by atoms with Crippen LogP contribution in [-0.2, 0) is 24.0 Å². The SMILES string of the molecule is COc1ccc(CN(Cc2ccc(OC)cc2)c2cc(-c3nc4c5c(nc(N6CC[C@H]6CCO)nc5c3F)N3C[C@H]5CC[C@@H]([C@H]3[C@H](C)O4)N5C(=O)OC(C)(C)C)c(C(F)(F)F)c(C)c2F)cc1. The molecule has 0 saturated carbocycles. The molecule has 0 spiro atoms. The van der Waals surface area contributed by atoms with Crippen molar-refractivity contribution in [2.24, 2.45) is 0 Å². The van der Waals surface area contributed by atoms with Crippen LogP contribution in [0.15, 0.2) is 54.6 Å². The van der Waals surface area contributed by atoms with Crippen LogP contribution in [0, 0.1) is 18.6 Å². The molecule has 1 N–H and O–H groups in total. The number of aliphatic hydroxyl groups excluding tert-OH is 1. The lowest BCUT2D eigenvalue weighted by Crippen LogP contribution is -2.65. The number of halogens is 5. The summed E-state index contributed by atoms with van der Waals surface area (Å²) in [5, 5.41) is 9.95. The third-order valence-corrected chi connectivity index (χ3v) is 13.4. The summed E-state index contributed by atoms with van der Waals surface area (Å²) in [5.74, 6) is -0.951. The van der Waals surface area contributed by atoms with Gasteiger partial charge in [0.2, 0.25) is 11.8 Å². The summed E-state index contributed by atoms with van der Waals surface area (Å²) >= 11 is 0. The lowest BCUT2D eigenvalue weighted by Gasteiger charge is -2.48. The molecule has 3 fully saturated rings. The highest BCUT2D eigenvalue weighted by Crippen LogP contribution is 2.50. The molecule has 0 aliphatic carbocycles. The Kier molecular flexibility index (Phi) is 12.0. The van der Waals surface area contributed by atoms with Gasteiger partial charge in [0.1, 0.15) is 51.4 Å². The second-order valence-electron chi connectivity index (χ2n) is 18.8. The molecule has 18 heteroatoms. The van der Waals surface area contributed by atoms with E-state index in [1.807, 2.05) is 9.80 Å². The zero-order valence-electron chi connectivity index (χ0n) is 38.5. The molecule has 4 aliphatic rings.